The predicted molar refractivity (Wildman–Crippen MR) is 54.7 cm³/mol. The lowest BCUT2D eigenvalue weighted by Crippen LogP contribution is -2.21. The summed E-state index contributed by atoms with van der Waals surface area (Å²) in [5, 5.41) is 3.23. The Morgan fingerprint density at radius 3 is 2.92 bits per heavy atom. The highest BCUT2D eigenvalue weighted by atomic mass is 15.0. The van der Waals surface area contributed by atoms with Gasteiger partial charge in [0.05, 0.1) is 0 Å². The molecule has 3 heteroatoms. The maximum absolute atomic E-state index is 4.18. The number of aromatic nitrogens is 2. The Bertz CT molecular complexity index is 242. The highest BCUT2D eigenvalue weighted by molar-refractivity contribution is 4.88. The highest BCUT2D eigenvalue weighted by Crippen LogP contribution is 2.01. The number of imidazole rings is 1. The second-order valence-corrected chi connectivity index (χ2v) is 3.50. The second kappa shape index (κ2) is 5.02. The van der Waals surface area contributed by atoms with E-state index in [1.165, 1.54) is 12.8 Å². The Morgan fingerprint density at radius 1 is 1.62 bits per heavy atom. The minimum absolute atomic E-state index is 0.615. The van der Waals surface area contributed by atoms with Crippen LogP contribution in [0.25, 0.3) is 0 Å². The molecule has 0 aliphatic rings. The molecule has 0 aliphatic heterocycles. The van der Waals surface area contributed by atoms with Crippen LogP contribution < -0.4 is 5.32 Å². The van der Waals surface area contributed by atoms with E-state index in [9.17, 15) is 0 Å². The first-order valence-electron chi connectivity index (χ1n) is 4.89. The molecule has 0 fully saturated rings. The van der Waals surface area contributed by atoms with E-state index in [2.05, 4.69) is 21.8 Å². The van der Waals surface area contributed by atoms with E-state index in [1.807, 2.05) is 26.4 Å². The third-order valence-electron chi connectivity index (χ3n) is 2.45. The van der Waals surface area contributed by atoms with Gasteiger partial charge in [-0.25, -0.2) is 4.98 Å². The summed E-state index contributed by atoms with van der Waals surface area (Å²) in [6.07, 6.45) is 6.32. The van der Waals surface area contributed by atoms with Gasteiger partial charge in [0.1, 0.15) is 5.82 Å². The molecule has 0 saturated carbocycles. The van der Waals surface area contributed by atoms with Crippen LogP contribution in [0.3, 0.4) is 0 Å². The topological polar surface area (TPSA) is 29.9 Å². The molecule has 0 aliphatic carbocycles. The molecule has 0 saturated heterocycles. The summed E-state index contributed by atoms with van der Waals surface area (Å²) in [6, 6.07) is 0.615. The van der Waals surface area contributed by atoms with Gasteiger partial charge in [0.15, 0.2) is 0 Å². The smallest absolute Gasteiger partial charge is 0.105 e. The quantitative estimate of drug-likeness (QED) is 0.747. The van der Waals surface area contributed by atoms with Gasteiger partial charge in [0.25, 0.3) is 0 Å². The van der Waals surface area contributed by atoms with Crippen LogP contribution in [0.2, 0.25) is 0 Å². The molecule has 1 unspecified atom stereocenters. The first-order valence-corrected chi connectivity index (χ1v) is 4.89. The molecule has 3 nitrogen and oxygen atoms in total. The van der Waals surface area contributed by atoms with Crippen molar-refractivity contribution < 1.29 is 0 Å². The summed E-state index contributed by atoms with van der Waals surface area (Å²) in [4.78, 5) is 4.18. The molecule has 1 heterocycles. The van der Waals surface area contributed by atoms with Crippen LogP contribution in [0.15, 0.2) is 12.4 Å². The minimum Gasteiger partial charge on any atom is -0.335 e. The second-order valence-electron chi connectivity index (χ2n) is 3.50. The molecule has 1 N–H and O–H groups in total. The van der Waals surface area contributed by atoms with E-state index in [-0.39, 0.29) is 0 Å². The van der Waals surface area contributed by atoms with Crippen LogP contribution in [0.4, 0.5) is 0 Å². The van der Waals surface area contributed by atoms with Gasteiger partial charge in [-0.3, -0.25) is 0 Å². The zero-order chi connectivity index (χ0) is 9.68. The van der Waals surface area contributed by atoms with Gasteiger partial charge in [0.2, 0.25) is 0 Å². The van der Waals surface area contributed by atoms with Crippen LogP contribution in [0.1, 0.15) is 25.6 Å². The van der Waals surface area contributed by atoms with E-state index < -0.39 is 0 Å². The Labute approximate surface area is 80.2 Å². The molecule has 1 aromatic heterocycles. The molecule has 74 valence electrons. The van der Waals surface area contributed by atoms with Gasteiger partial charge in [-0.15, -0.1) is 0 Å². The largest absolute Gasteiger partial charge is 0.335 e. The summed E-state index contributed by atoms with van der Waals surface area (Å²) in [5.74, 6) is 1.11. The van der Waals surface area contributed by atoms with Gasteiger partial charge < -0.3 is 9.88 Å². The maximum Gasteiger partial charge on any atom is 0.105 e. The van der Waals surface area contributed by atoms with Gasteiger partial charge in [0, 0.05) is 25.0 Å². The number of aryl methyl sites for hydroxylation is 2. The fraction of sp³-hybridized carbons (Fsp3) is 0.700. The average molecular weight is 181 g/mol. The molecule has 1 aromatic rings. The Morgan fingerprint density at radius 2 is 2.38 bits per heavy atom. The van der Waals surface area contributed by atoms with Crippen LogP contribution >= 0.6 is 0 Å². The van der Waals surface area contributed by atoms with Gasteiger partial charge in [-0.05, 0) is 33.7 Å². The summed E-state index contributed by atoms with van der Waals surface area (Å²) >= 11 is 0. The third-order valence-corrected chi connectivity index (χ3v) is 2.45. The first-order chi connectivity index (χ1) is 6.24. The normalized spacial score (nSPS) is 13.2. The third kappa shape index (κ3) is 3.19. The number of hydrogen-bond acceptors (Lipinski definition) is 2. The van der Waals surface area contributed by atoms with Gasteiger partial charge >= 0.3 is 0 Å². The lowest BCUT2D eigenvalue weighted by molar-refractivity contribution is 0.503. The number of nitrogens with zero attached hydrogens (tertiary/aromatic N) is 2. The van der Waals surface area contributed by atoms with Gasteiger partial charge in [-0.1, -0.05) is 0 Å². The van der Waals surface area contributed by atoms with Crippen LogP contribution in [0, 0.1) is 6.92 Å². The summed E-state index contributed by atoms with van der Waals surface area (Å²) in [5.41, 5.74) is 0. The van der Waals surface area contributed by atoms with E-state index >= 15 is 0 Å². The molecular weight excluding hydrogens is 162 g/mol. The monoisotopic (exact) mass is 181 g/mol. The molecule has 0 bridgehead atoms. The van der Waals surface area contributed by atoms with Gasteiger partial charge in [-0.2, -0.15) is 0 Å². The van der Waals surface area contributed by atoms with Crippen molar-refractivity contribution in [2.45, 2.75) is 39.3 Å². The summed E-state index contributed by atoms with van der Waals surface area (Å²) in [6.45, 7) is 5.33. The van der Waals surface area contributed by atoms with Crippen molar-refractivity contribution in [3.63, 3.8) is 0 Å². The highest BCUT2D eigenvalue weighted by Gasteiger charge is 1.99. The molecule has 1 atom stereocenters. The molecular formula is C10H19N3. The summed E-state index contributed by atoms with van der Waals surface area (Å²) < 4.78 is 2.20. The fourth-order valence-electron chi connectivity index (χ4n) is 1.35. The Balaban J connectivity index is 2.24. The van der Waals surface area contributed by atoms with Crippen molar-refractivity contribution >= 4 is 0 Å². The van der Waals surface area contributed by atoms with Crippen molar-refractivity contribution in [2.24, 2.45) is 0 Å². The lowest BCUT2D eigenvalue weighted by atomic mass is 10.2. The molecule has 0 amide bonds. The molecule has 13 heavy (non-hydrogen) atoms. The predicted octanol–water partition coefficient (Wildman–Crippen LogP) is 1.58. The van der Waals surface area contributed by atoms with Crippen molar-refractivity contribution in [2.75, 3.05) is 7.05 Å². The van der Waals surface area contributed by atoms with Crippen LogP contribution in [-0.2, 0) is 6.54 Å². The zero-order valence-electron chi connectivity index (χ0n) is 8.75. The zero-order valence-corrected chi connectivity index (χ0v) is 8.75. The molecule has 0 radical (unpaired) electrons. The maximum atomic E-state index is 4.18. The Hall–Kier alpha value is -0.830. The van der Waals surface area contributed by atoms with E-state index in [4.69, 9.17) is 0 Å². The van der Waals surface area contributed by atoms with Crippen LogP contribution in [-0.4, -0.2) is 22.6 Å². The van der Waals surface area contributed by atoms with Crippen molar-refractivity contribution in [3.05, 3.63) is 18.2 Å². The molecule has 1 rings (SSSR count). The lowest BCUT2D eigenvalue weighted by Gasteiger charge is -2.10. The molecule has 0 spiro atoms. The Kier molecular flexibility index (Phi) is 3.96. The van der Waals surface area contributed by atoms with E-state index in [0.717, 1.165) is 12.4 Å². The SMILES string of the molecule is CNC(C)CCCn1ccnc1C. The van der Waals surface area contributed by atoms with E-state index in [0.29, 0.717) is 6.04 Å². The first kappa shape index (κ1) is 10.3. The summed E-state index contributed by atoms with van der Waals surface area (Å²) in [7, 11) is 2.01. The van der Waals surface area contributed by atoms with Crippen LogP contribution in [0.5, 0.6) is 0 Å². The standard InChI is InChI=1S/C10H19N3/c1-9(11-3)5-4-7-13-8-6-12-10(13)2/h6,8-9,11H,4-5,7H2,1-3H3. The molecule has 0 aromatic carbocycles. The number of hydrogen-bond donors (Lipinski definition) is 1. The number of nitrogens with one attached hydrogen (secondary N) is 1. The average Bonchev–Trinajstić information content (AvgIpc) is 2.52. The number of rotatable bonds is 5. The van der Waals surface area contributed by atoms with Crippen molar-refractivity contribution in [1.29, 1.82) is 0 Å². The van der Waals surface area contributed by atoms with Crippen molar-refractivity contribution in [1.82, 2.24) is 14.9 Å². The van der Waals surface area contributed by atoms with E-state index in [1.54, 1.807) is 0 Å². The fourth-order valence-corrected chi connectivity index (χ4v) is 1.35. The van der Waals surface area contributed by atoms with Crippen molar-refractivity contribution in [3.8, 4) is 0 Å². The minimum atomic E-state index is 0.615.